The van der Waals surface area contributed by atoms with E-state index in [4.69, 9.17) is 4.74 Å². The minimum atomic E-state index is -0.419. The van der Waals surface area contributed by atoms with Gasteiger partial charge in [0.1, 0.15) is 0 Å². The van der Waals surface area contributed by atoms with E-state index in [1.165, 1.54) is 9.08 Å². The molecule has 0 saturated carbocycles. The average Bonchev–Trinajstić information content (AvgIpc) is 3.23. The SMILES string of the molecule is O=C(OCCCn1nc2ccccn2c1=O)c1cccc2cn[nH]c12. The molecule has 1 aromatic carbocycles. The first-order chi connectivity index (χ1) is 12.2. The molecule has 0 aliphatic rings. The van der Waals surface area contributed by atoms with Crippen LogP contribution in [0, 0.1) is 0 Å². The zero-order valence-corrected chi connectivity index (χ0v) is 13.3. The van der Waals surface area contributed by atoms with Crippen molar-refractivity contribution in [2.75, 3.05) is 6.61 Å². The third-order valence-electron chi connectivity index (χ3n) is 3.93. The van der Waals surface area contributed by atoms with Crippen LogP contribution in [0.2, 0.25) is 0 Å². The minimum Gasteiger partial charge on any atom is -0.462 e. The fourth-order valence-corrected chi connectivity index (χ4v) is 2.71. The molecule has 1 N–H and O–H groups in total. The molecule has 0 atom stereocenters. The molecule has 0 unspecified atom stereocenters. The Hall–Kier alpha value is -3.42. The van der Waals surface area contributed by atoms with Gasteiger partial charge in [0.05, 0.1) is 23.9 Å². The lowest BCUT2D eigenvalue weighted by molar-refractivity contribution is 0.0496. The van der Waals surface area contributed by atoms with Crippen molar-refractivity contribution in [2.45, 2.75) is 13.0 Å². The lowest BCUT2D eigenvalue weighted by Crippen LogP contribution is -2.22. The lowest BCUT2D eigenvalue weighted by Gasteiger charge is -2.05. The monoisotopic (exact) mass is 337 g/mol. The molecule has 0 spiro atoms. The molecular weight excluding hydrogens is 322 g/mol. The highest BCUT2D eigenvalue weighted by molar-refractivity contribution is 6.02. The maximum atomic E-state index is 12.2. The summed E-state index contributed by atoms with van der Waals surface area (Å²) in [5, 5.41) is 11.8. The van der Waals surface area contributed by atoms with Gasteiger partial charge < -0.3 is 4.74 Å². The Balaban J connectivity index is 1.39. The molecule has 3 aromatic heterocycles. The summed E-state index contributed by atoms with van der Waals surface area (Å²) in [6.45, 7) is 0.575. The van der Waals surface area contributed by atoms with E-state index in [0.717, 1.165) is 5.39 Å². The number of hydrogen-bond acceptors (Lipinski definition) is 5. The highest BCUT2D eigenvalue weighted by Crippen LogP contribution is 2.16. The predicted octanol–water partition coefficient (Wildman–Crippen LogP) is 1.62. The van der Waals surface area contributed by atoms with Gasteiger partial charge in [-0.1, -0.05) is 18.2 Å². The molecule has 4 rings (SSSR count). The topological polar surface area (TPSA) is 94.3 Å². The minimum absolute atomic E-state index is 0.198. The molecule has 25 heavy (non-hydrogen) atoms. The van der Waals surface area contributed by atoms with Gasteiger partial charge in [0.15, 0.2) is 5.65 Å². The molecule has 0 aliphatic carbocycles. The van der Waals surface area contributed by atoms with E-state index in [9.17, 15) is 9.59 Å². The van der Waals surface area contributed by atoms with Gasteiger partial charge in [-0.2, -0.15) is 5.10 Å². The van der Waals surface area contributed by atoms with Crippen molar-refractivity contribution in [2.24, 2.45) is 0 Å². The Labute approximate surface area is 141 Å². The zero-order valence-electron chi connectivity index (χ0n) is 13.3. The first kappa shape index (κ1) is 15.1. The second-order valence-electron chi connectivity index (χ2n) is 5.56. The maximum absolute atomic E-state index is 12.2. The van der Waals surface area contributed by atoms with Gasteiger partial charge in [-0.25, -0.2) is 14.3 Å². The van der Waals surface area contributed by atoms with Gasteiger partial charge >= 0.3 is 11.7 Å². The van der Waals surface area contributed by atoms with Crippen LogP contribution in [-0.4, -0.2) is 37.0 Å². The fraction of sp³-hybridized carbons (Fsp3) is 0.176. The summed E-state index contributed by atoms with van der Waals surface area (Å²) in [5.41, 5.74) is 1.49. The number of esters is 1. The van der Waals surface area contributed by atoms with Gasteiger partial charge in [0.2, 0.25) is 0 Å². The number of benzene rings is 1. The second kappa shape index (κ2) is 6.23. The molecular formula is C17H15N5O3. The number of nitrogens with one attached hydrogen (secondary N) is 1. The summed E-state index contributed by atoms with van der Waals surface area (Å²) in [7, 11) is 0. The molecule has 0 amide bonds. The molecule has 3 heterocycles. The third kappa shape index (κ3) is 2.78. The largest absolute Gasteiger partial charge is 0.462 e. The van der Waals surface area contributed by atoms with Crippen molar-refractivity contribution in [3.8, 4) is 0 Å². The summed E-state index contributed by atoms with van der Waals surface area (Å²) in [6.07, 6.45) is 3.82. The number of carbonyl (C=O) groups is 1. The summed E-state index contributed by atoms with van der Waals surface area (Å²) >= 11 is 0. The van der Waals surface area contributed by atoms with Crippen molar-refractivity contribution < 1.29 is 9.53 Å². The van der Waals surface area contributed by atoms with Gasteiger partial charge in [-0.15, -0.1) is 5.10 Å². The lowest BCUT2D eigenvalue weighted by atomic mass is 10.1. The van der Waals surface area contributed by atoms with Crippen LogP contribution in [0.4, 0.5) is 0 Å². The Morgan fingerprint density at radius 1 is 1.20 bits per heavy atom. The molecule has 0 fully saturated rings. The number of nitrogens with zero attached hydrogens (tertiary/aromatic N) is 4. The Bertz CT molecular complexity index is 1110. The Morgan fingerprint density at radius 3 is 3.00 bits per heavy atom. The summed E-state index contributed by atoms with van der Waals surface area (Å²) in [5.74, 6) is -0.419. The smallest absolute Gasteiger partial charge is 0.350 e. The van der Waals surface area contributed by atoms with Crippen LogP contribution in [0.25, 0.3) is 16.6 Å². The van der Waals surface area contributed by atoms with Crippen LogP contribution >= 0.6 is 0 Å². The van der Waals surface area contributed by atoms with Crippen LogP contribution in [0.5, 0.6) is 0 Å². The number of para-hydroxylation sites is 1. The Kier molecular flexibility index (Phi) is 3.77. The normalized spacial score (nSPS) is 11.2. The number of aromatic amines is 1. The number of pyridine rings is 1. The first-order valence-electron chi connectivity index (χ1n) is 7.87. The quantitative estimate of drug-likeness (QED) is 0.441. The standard InChI is InChI=1S/C17H15N5O3/c23-16(13-6-3-5-12-11-18-19-15(12)13)25-10-4-9-22-17(24)21-8-2-1-7-14(21)20-22/h1-3,5-8,11H,4,9-10H2,(H,18,19). The number of hydrogen-bond donors (Lipinski definition) is 1. The summed E-state index contributed by atoms with van der Waals surface area (Å²) < 4.78 is 8.16. The molecule has 4 aromatic rings. The van der Waals surface area contributed by atoms with Crippen molar-refractivity contribution in [3.05, 3.63) is 64.8 Å². The van der Waals surface area contributed by atoms with Crippen LogP contribution in [0.3, 0.4) is 0 Å². The number of fused-ring (bicyclic) bond motifs is 2. The van der Waals surface area contributed by atoms with Crippen LogP contribution < -0.4 is 5.69 Å². The van der Waals surface area contributed by atoms with Gasteiger partial charge in [-0.3, -0.25) is 9.50 Å². The van der Waals surface area contributed by atoms with Crippen LogP contribution in [0.15, 0.2) is 53.6 Å². The van der Waals surface area contributed by atoms with Crippen molar-refractivity contribution in [3.63, 3.8) is 0 Å². The number of rotatable bonds is 5. The number of ether oxygens (including phenoxy) is 1. The molecule has 8 nitrogen and oxygen atoms in total. The molecule has 0 saturated heterocycles. The molecule has 0 aliphatic heterocycles. The third-order valence-corrected chi connectivity index (χ3v) is 3.93. The first-order valence-corrected chi connectivity index (χ1v) is 7.87. The van der Waals surface area contributed by atoms with E-state index in [0.29, 0.717) is 29.7 Å². The Morgan fingerprint density at radius 2 is 2.12 bits per heavy atom. The number of aryl methyl sites for hydroxylation is 1. The van der Waals surface area contributed by atoms with Gasteiger partial charge in [0, 0.05) is 24.5 Å². The molecule has 0 radical (unpaired) electrons. The second-order valence-corrected chi connectivity index (χ2v) is 5.56. The van der Waals surface area contributed by atoms with E-state index < -0.39 is 5.97 Å². The molecule has 0 bridgehead atoms. The summed E-state index contributed by atoms with van der Waals surface area (Å²) in [6, 6.07) is 10.7. The fourth-order valence-electron chi connectivity index (χ4n) is 2.71. The van der Waals surface area contributed by atoms with Crippen LogP contribution in [0.1, 0.15) is 16.8 Å². The van der Waals surface area contributed by atoms with E-state index in [1.807, 2.05) is 12.1 Å². The van der Waals surface area contributed by atoms with Gasteiger partial charge in [-0.05, 0) is 18.2 Å². The van der Waals surface area contributed by atoms with Gasteiger partial charge in [0.25, 0.3) is 0 Å². The van der Waals surface area contributed by atoms with E-state index in [-0.39, 0.29) is 12.3 Å². The van der Waals surface area contributed by atoms with Crippen molar-refractivity contribution in [1.29, 1.82) is 0 Å². The highest BCUT2D eigenvalue weighted by Gasteiger charge is 2.13. The van der Waals surface area contributed by atoms with E-state index in [1.54, 1.807) is 36.7 Å². The number of H-pyrrole nitrogens is 1. The highest BCUT2D eigenvalue weighted by atomic mass is 16.5. The summed E-state index contributed by atoms with van der Waals surface area (Å²) in [4.78, 5) is 24.4. The molecule has 126 valence electrons. The van der Waals surface area contributed by atoms with Crippen molar-refractivity contribution in [1.82, 2.24) is 24.4 Å². The maximum Gasteiger partial charge on any atom is 0.350 e. The molecule has 8 heteroatoms. The van der Waals surface area contributed by atoms with E-state index in [2.05, 4.69) is 15.3 Å². The van der Waals surface area contributed by atoms with Crippen LogP contribution in [-0.2, 0) is 11.3 Å². The predicted molar refractivity (Wildman–Crippen MR) is 90.4 cm³/mol. The number of aromatic nitrogens is 5. The van der Waals surface area contributed by atoms with E-state index >= 15 is 0 Å². The van der Waals surface area contributed by atoms with Crippen molar-refractivity contribution >= 4 is 22.5 Å². The number of carbonyl (C=O) groups excluding carboxylic acids is 1. The average molecular weight is 337 g/mol. The zero-order chi connectivity index (χ0) is 17.2.